The first-order chi connectivity index (χ1) is 7.26. The van der Waals surface area contributed by atoms with E-state index in [4.69, 9.17) is 6.42 Å². The van der Waals surface area contributed by atoms with Gasteiger partial charge < -0.3 is 5.11 Å². The highest BCUT2D eigenvalue weighted by atomic mass is 16.3. The number of hydrogen-bond acceptors (Lipinski definition) is 1. The van der Waals surface area contributed by atoms with E-state index in [0.717, 1.165) is 18.4 Å². The summed E-state index contributed by atoms with van der Waals surface area (Å²) in [6, 6.07) is 0. The Kier molecular flexibility index (Phi) is 5.55. The molecule has 2 atom stereocenters. The van der Waals surface area contributed by atoms with Gasteiger partial charge in [0.1, 0.15) is 5.60 Å². The Labute approximate surface area is 100 Å². The molecule has 0 amide bonds. The fourth-order valence-corrected chi connectivity index (χ4v) is 1.90. The minimum atomic E-state index is -1.11. The highest BCUT2D eigenvalue weighted by Gasteiger charge is 2.30. The Morgan fingerprint density at radius 1 is 1.44 bits per heavy atom. The Morgan fingerprint density at radius 3 is 2.19 bits per heavy atom. The van der Waals surface area contributed by atoms with E-state index in [9.17, 15) is 5.11 Å². The van der Waals surface area contributed by atoms with Crippen LogP contribution in [0, 0.1) is 18.3 Å². The molecule has 0 bridgehead atoms. The van der Waals surface area contributed by atoms with Crippen molar-refractivity contribution in [3.8, 4) is 12.3 Å². The lowest BCUT2D eigenvalue weighted by molar-refractivity contribution is 0.0721. The molecule has 0 fully saturated rings. The zero-order valence-corrected chi connectivity index (χ0v) is 11.2. The number of hydrogen-bond donors (Lipinski definition) is 1. The maximum atomic E-state index is 10.2. The Balaban J connectivity index is 5.08. The lowest BCUT2D eigenvalue weighted by atomic mass is 9.79. The van der Waals surface area contributed by atoms with Crippen molar-refractivity contribution in [2.45, 2.75) is 53.1 Å². The minimum Gasteiger partial charge on any atom is -0.377 e. The summed E-state index contributed by atoms with van der Waals surface area (Å²) in [5.74, 6) is 2.40. The Hall–Kier alpha value is -1.00. The second-order valence-corrected chi connectivity index (χ2v) is 4.85. The molecule has 2 unspecified atom stereocenters. The molecule has 0 heterocycles. The van der Waals surface area contributed by atoms with E-state index in [2.05, 4.69) is 33.3 Å². The Bertz CT molecular complexity index is 322. The number of aliphatic hydroxyl groups is 1. The number of terminal acetylenes is 1. The molecule has 0 saturated carbocycles. The topological polar surface area (TPSA) is 20.2 Å². The first kappa shape index (κ1) is 15.0. The molecule has 0 aromatic carbocycles. The van der Waals surface area contributed by atoms with Crippen LogP contribution in [0.3, 0.4) is 0 Å². The quantitative estimate of drug-likeness (QED) is 0.553. The van der Waals surface area contributed by atoms with Gasteiger partial charge >= 0.3 is 0 Å². The highest BCUT2D eigenvalue weighted by Crippen LogP contribution is 2.31. The Morgan fingerprint density at radius 2 is 1.94 bits per heavy atom. The molecule has 1 nitrogen and oxygen atoms in total. The van der Waals surface area contributed by atoms with Crippen molar-refractivity contribution < 1.29 is 5.11 Å². The molecule has 0 aliphatic heterocycles. The van der Waals surface area contributed by atoms with E-state index in [0.29, 0.717) is 0 Å². The van der Waals surface area contributed by atoms with Crippen molar-refractivity contribution in [1.29, 1.82) is 0 Å². The summed E-state index contributed by atoms with van der Waals surface area (Å²) in [7, 11) is 0. The second kappa shape index (κ2) is 5.92. The van der Waals surface area contributed by atoms with E-state index in [1.807, 2.05) is 6.92 Å². The summed E-state index contributed by atoms with van der Waals surface area (Å²) in [5.41, 5.74) is 2.49. The van der Waals surface area contributed by atoms with Gasteiger partial charge in [-0.3, -0.25) is 0 Å². The van der Waals surface area contributed by atoms with Gasteiger partial charge in [-0.15, -0.1) is 6.42 Å². The molecule has 0 spiro atoms. The van der Waals surface area contributed by atoms with Gasteiger partial charge in [0, 0.05) is 5.92 Å². The number of rotatable bonds is 5. The summed E-state index contributed by atoms with van der Waals surface area (Å²) >= 11 is 0. The van der Waals surface area contributed by atoms with Crippen LogP contribution in [0.15, 0.2) is 23.3 Å². The largest absolute Gasteiger partial charge is 0.377 e. The fraction of sp³-hybridized carbons (Fsp3) is 0.600. The summed E-state index contributed by atoms with van der Waals surface area (Å²) in [5, 5.41) is 10.2. The maximum absolute atomic E-state index is 10.2. The van der Waals surface area contributed by atoms with E-state index >= 15 is 0 Å². The molecule has 0 rings (SSSR count). The van der Waals surface area contributed by atoms with Crippen molar-refractivity contribution in [3.63, 3.8) is 0 Å². The van der Waals surface area contributed by atoms with Crippen molar-refractivity contribution in [2.75, 3.05) is 0 Å². The molecule has 0 aromatic rings. The van der Waals surface area contributed by atoms with E-state index in [1.54, 1.807) is 6.92 Å². The molecule has 0 radical (unpaired) electrons. The van der Waals surface area contributed by atoms with E-state index in [1.165, 1.54) is 11.1 Å². The first-order valence-corrected chi connectivity index (χ1v) is 5.77. The van der Waals surface area contributed by atoms with Gasteiger partial charge in [0.2, 0.25) is 0 Å². The van der Waals surface area contributed by atoms with Crippen LogP contribution >= 0.6 is 0 Å². The molecule has 0 aliphatic carbocycles. The van der Waals surface area contributed by atoms with Crippen molar-refractivity contribution in [2.24, 2.45) is 5.92 Å². The highest BCUT2D eigenvalue weighted by molar-refractivity contribution is 5.22. The minimum absolute atomic E-state index is 0.0673. The van der Waals surface area contributed by atoms with Gasteiger partial charge in [0.15, 0.2) is 0 Å². The molecule has 0 aliphatic rings. The van der Waals surface area contributed by atoms with Gasteiger partial charge in [0.25, 0.3) is 0 Å². The lowest BCUT2D eigenvalue weighted by Gasteiger charge is -2.30. The summed E-state index contributed by atoms with van der Waals surface area (Å²) in [6.45, 7) is 13.9. The molecule has 90 valence electrons. The van der Waals surface area contributed by atoms with E-state index < -0.39 is 5.60 Å². The monoisotopic (exact) mass is 220 g/mol. The third kappa shape index (κ3) is 3.87. The van der Waals surface area contributed by atoms with Crippen LogP contribution < -0.4 is 0 Å². The van der Waals surface area contributed by atoms with Crippen LogP contribution in [-0.2, 0) is 0 Å². The van der Waals surface area contributed by atoms with E-state index in [-0.39, 0.29) is 5.92 Å². The second-order valence-electron chi connectivity index (χ2n) is 4.85. The smallest absolute Gasteiger partial charge is 0.129 e. The zero-order chi connectivity index (χ0) is 12.9. The van der Waals surface area contributed by atoms with Gasteiger partial charge in [0.05, 0.1) is 0 Å². The average Bonchev–Trinajstić information content (AvgIpc) is 2.17. The first-order valence-electron chi connectivity index (χ1n) is 5.77. The molecular weight excluding hydrogens is 196 g/mol. The van der Waals surface area contributed by atoms with Crippen LogP contribution in [0.25, 0.3) is 0 Å². The third-order valence-corrected chi connectivity index (χ3v) is 3.15. The van der Waals surface area contributed by atoms with Crippen LogP contribution in [0.2, 0.25) is 0 Å². The van der Waals surface area contributed by atoms with Gasteiger partial charge in [-0.2, -0.15) is 0 Å². The van der Waals surface area contributed by atoms with Gasteiger partial charge in [-0.05, 0) is 40.5 Å². The van der Waals surface area contributed by atoms with Crippen LogP contribution in [0.5, 0.6) is 0 Å². The predicted molar refractivity (Wildman–Crippen MR) is 71.0 cm³/mol. The maximum Gasteiger partial charge on any atom is 0.129 e. The lowest BCUT2D eigenvalue weighted by Crippen LogP contribution is -2.33. The molecule has 16 heavy (non-hydrogen) atoms. The summed E-state index contributed by atoms with van der Waals surface area (Å²) in [4.78, 5) is 0. The SMILES string of the molecule is C#CC(C)(O)C(CC(CC)=C(C)C)C(=C)C. The standard InChI is InChI=1S/C15H24O/c1-8-13(11(3)4)10-14(12(5)6)15(7,16)9-2/h2,14,16H,5,8,10H2,1,3-4,6-7H3. The molecular formula is C15H24O. The van der Waals surface area contributed by atoms with Gasteiger partial charge in [-0.1, -0.05) is 36.1 Å². The van der Waals surface area contributed by atoms with Crippen molar-refractivity contribution in [1.82, 2.24) is 0 Å². The van der Waals surface area contributed by atoms with Crippen LogP contribution in [-0.4, -0.2) is 10.7 Å². The molecule has 1 heteroatoms. The van der Waals surface area contributed by atoms with Crippen LogP contribution in [0.1, 0.15) is 47.5 Å². The van der Waals surface area contributed by atoms with Gasteiger partial charge in [-0.25, -0.2) is 0 Å². The third-order valence-electron chi connectivity index (χ3n) is 3.15. The molecule has 1 N–H and O–H groups in total. The predicted octanol–water partition coefficient (Wildman–Crippen LogP) is 3.70. The number of allylic oxidation sites excluding steroid dienone is 2. The van der Waals surface area contributed by atoms with Crippen molar-refractivity contribution in [3.05, 3.63) is 23.3 Å². The summed E-state index contributed by atoms with van der Waals surface area (Å²) < 4.78 is 0. The zero-order valence-electron chi connectivity index (χ0n) is 11.2. The van der Waals surface area contributed by atoms with Crippen molar-refractivity contribution >= 4 is 0 Å². The molecule has 0 saturated heterocycles. The average molecular weight is 220 g/mol. The normalized spacial score (nSPS) is 15.8. The fourth-order valence-electron chi connectivity index (χ4n) is 1.90. The van der Waals surface area contributed by atoms with Crippen LogP contribution in [0.4, 0.5) is 0 Å². The summed E-state index contributed by atoms with van der Waals surface area (Å²) in [6.07, 6.45) is 7.17. The molecule has 0 aromatic heterocycles.